The van der Waals surface area contributed by atoms with Crippen molar-refractivity contribution in [1.82, 2.24) is 10.3 Å². The molecular weight excluding hydrogens is 267 g/mol. The number of nitrogens with one attached hydrogen (secondary N) is 1. The monoisotopic (exact) mass is 280 g/mol. The fourth-order valence-corrected chi connectivity index (χ4v) is 2.54. The third-order valence-corrected chi connectivity index (χ3v) is 4.22. The van der Waals surface area contributed by atoms with Crippen molar-refractivity contribution in [2.24, 2.45) is 0 Å². The first-order valence-electron chi connectivity index (χ1n) is 4.93. The highest BCUT2D eigenvalue weighted by molar-refractivity contribution is 7.09. The van der Waals surface area contributed by atoms with Crippen LogP contribution < -0.4 is 5.32 Å². The van der Waals surface area contributed by atoms with Crippen LogP contribution in [0.2, 0.25) is 0 Å². The van der Waals surface area contributed by atoms with Crippen LogP contribution >= 0.6 is 34.5 Å². The molecule has 1 N–H and O–H groups in total. The van der Waals surface area contributed by atoms with Crippen LogP contribution in [0, 0.1) is 6.92 Å². The summed E-state index contributed by atoms with van der Waals surface area (Å²) in [4.78, 5) is 16.0. The fraction of sp³-hybridized carbons (Fsp3) is 0.600. The molecule has 1 amide bonds. The van der Waals surface area contributed by atoms with Crippen molar-refractivity contribution >= 4 is 40.4 Å². The Labute approximate surface area is 109 Å². The minimum atomic E-state index is -0.544. The van der Waals surface area contributed by atoms with E-state index in [1.807, 2.05) is 13.8 Å². The van der Waals surface area contributed by atoms with Gasteiger partial charge in [0.05, 0.1) is 10.5 Å². The Morgan fingerprint density at radius 3 is 2.56 bits per heavy atom. The molecule has 90 valence electrons. The molecule has 1 heterocycles. The molecule has 0 spiro atoms. The summed E-state index contributed by atoms with van der Waals surface area (Å²) in [5.74, 6) is 0.372. The zero-order chi connectivity index (χ0) is 12.2. The minimum Gasteiger partial charge on any atom is -0.343 e. The number of carbonyl (C=O) groups is 1. The summed E-state index contributed by atoms with van der Waals surface area (Å²) in [5.41, 5.74) is -0.117. The number of carbonyl (C=O) groups excluding carboxylic acids is 1. The van der Waals surface area contributed by atoms with Gasteiger partial charge in [0.15, 0.2) is 0 Å². The number of amides is 1. The van der Waals surface area contributed by atoms with Crippen LogP contribution in [-0.2, 0) is 0 Å². The second-order valence-corrected chi connectivity index (χ2v) is 5.20. The van der Waals surface area contributed by atoms with E-state index in [2.05, 4.69) is 10.3 Å². The first-order chi connectivity index (χ1) is 7.56. The molecule has 0 bridgehead atoms. The van der Waals surface area contributed by atoms with Crippen LogP contribution in [0.4, 0.5) is 0 Å². The van der Waals surface area contributed by atoms with Gasteiger partial charge in [-0.05, 0) is 13.3 Å². The molecule has 0 aliphatic carbocycles. The molecule has 6 heteroatoms. The SMILES string of the molecule is CCC(CCl)(CCl)NC(=O)c1csc(C)n1. The minimum absolute atomic E-state index is 0.215. The summed E-state index contributed by atoms with van der Waals surface area (Å²) >= 11 is 13.1. The molecule has 1 aromatic rings. The number of rotatable bonds is 5. The molecule has 0 aliphatic rings. The number of thiazole rings is 1. The maximum atomic E-state index is 11.9. The van der Waals surface area contributed by atoms with Crippen LogP contribution in [0.25, 0.3) is 0 Å². The van der Waals surface area contributed by atoms with E-state index in [0.29, 0.717) is 23.9 Å². The summed E-state index contributed by atoms with van der Waals surface area (Å²) in [6.07, 6.45) is 0.689. The molecule has 16 heavy (non-hydrogen) atoms. The molecule has 3 nitrogen and oxygen atoms in total. The Hall–Kier alpha value is -0.320. The Bertz CT molecular complexity index is 355. The van der Waals surface area contributed by atoms with E-state index in [0.717, 1.165) is 5.01 Å². The molecule has 0 saturated carbocycles. The molecule has 0 fully saturated rings. The molecule has 0 aliphatic heterocycles. The average Bonchev–Trinajstić information content (AvgIpc) is 2.73. The fourth-order valence-electron chi connectivity index (χ4n) is 1.15. The number of alkyl halides is 2. The quantitative estimate of drug-likeness (QED) is 0.843. The van der Waals surface area contributed by atoms with Crippen molar-refractivity contribution in [2.75, 3.05) is 11.8 Å². The number of aryl methyl sites for hydroxylation is 1. The van der Waals surface area contributed by atoms with Crippen molar-refractivity contribution in [3.63, 3.8) is 0 Å². The standard InChI is InChI=1S/C10H14Cl2N2OS/c1-3-10(5-11,6-12)14-9(15)8-4-16-7(2)13-8/h4H,3,5-6H2,1-2H3,(H,14,15). The molecular formula is C10H14Cl2N2OS. The first-order valence-corrected chi connectivity index (χ1v) is 6.88. The van der Waals surface area contributed by atoms with Gasteiger partial charge >= 0.3 is 0 Å². The Morgan fingerprint density at radius 1 is 1.56 bits per heavy atom. The Morgan fingerprint density at radius 2 is 2.19 bits per heavy atom. The third kappa shape index (κ3) is 3.09. The van der Waals surface area contributed by atoms with Crippen molar-refractivity contribution in [1.29, 1.82) is 0 Å². The second kappa shape index (κ2) is 5.84. The lowest BCUT2D eigenvalue weighted by molar-refractivity contribution is 0.0909. The summed E-state index contributed by atoms with van der Waals surface area (Å²) in [7, 11) is 0. The molecule has 1 rings (SSSR count). The number of nitrogens with zero attached hydrogens (tertiary/aromatic N) is 1. The van der Waals surface area contributed by atoms with Crippen LogP contribution in [-0.4, -0.2) is 28.2 Å². The lowest BCUT2D eigenvalue weighted by atomic mass is 10.0. The highest BCUT2D eigenvalue weighted by Crippen LogP contribution is 2.16. The van der Waals surface area contributed by atoms with Gasteiger partial charge in [-0.25, -0.2) is 4.98 Å². The Balaban J connectivity index is 2.76. The second-order valence-electron chi connectivity index (χ2n) is 3.61. The predicted molar refractivity (Wildman–Crippen MR) is 68.8 cm³/mol. The highest BCUT2D eigenvalue weighted by atomic mass is 35.5. The molecule has 1 aromatic heterocycles. The number of aromatic nitrogens is 1. The van der Waals surface area contributed by atoms with Crippen LogP contribution in [0.5, 0.6) is 0 Å². The topological polar surface area (TPSA) is 42.0 Å². The van der Waals surface area contributed by atoms with Crippen molar-refractivity contribution in [3.8, 4) is 0 Å². The van der Waals surface area contributed by atoms with Gasteiger partial charge in [0.1, 0.15) is 5.69 Å². The summed E-state index contributed by atoms with van der Waals surface area (Å²) < 4.78 is 0. The van der Waals surface area contributed by atoms with Crippen molar-refractivity contribution in [3.05, 3.63) is 16.1 Å². The van der Waals surface area contributed by atoms with Gasteiger partial charge in [0.2, 0.25) is 0 Å². The zero-order valence-corrected chi connectivity index (χ0v) is 11.5. The van der Waals surface area contributed by atoms with Crippen molar-refractivity contribution in [2.45, 2.75) is 25.8 Å². The lowest BCUT2D eigenvalue weighted by Gasteiger charge is -2.29. The number of halogens is 2. The summed E-state index contributed by atoms with van der Waals surface area (Å²) in [6.45, 7) is 3.80. The summed E-state index contributed by atoms with van der Waals surface area (Å²) in [6, 6.07) is 0. The van der Waals surface area contributed by atoms with E-state index in [4.69, 9.17) is 23.2 Å². The van der Waals surface area contributed by atoms with E-state index >= 15 is 0 Å². The van der Waals surface area contributed by atoms with Gasteiger partial charge in [0.25, 0.3) is 5.91 Å². The number of hydrogen-bond acceptors (Lipinski definition) is 3. The lowest BCUT2D eigenvalue weighted by Crippen LogP contribution is -2.51. The van der Waals surface area contributed by atoms with E-state index in [1.165, 1.54) is 11.3 Å². The number of hydrogen-bond donors (Lipinski definition) is 1. The Kier molecular flexibility index (Phi) is 5.02. The normalized spacial score (nSPS) is 11.5. The predicted octanol–water partition coefficient (Wildman–Crippen LogP) is 2.81. The first kappa shape index (κ1) is 13.7. The maximum Gasteiger partial charge on any atom is 0.271 e. The van der Waals surface area contributed by atoms with Gasteiger partial charge in [-0.1, -0.05) is 6.92 Å². The third-order valence-electron chi connectivity index (χ3n) is 2.42. The van der Waals surface area contributed by atoms with Gasteiger partial charge in [-0.3, -0.25) is 4.79 Å². The summed E-state index contributed by atoms with van der Waals surface area (Å²) in [5, 5.41) is 5.45. The zero-order valence-electron chi connectivity index (χ0n) is 9.22. The highest BCUT2D eigenvalue weighted by Gasteiger charge is 2.29. The van der Waals surface area contributed by atoms with E-state index < -0.39 is 5.54 Å². The van der Waals surface area contributed by atoms with E-state index in [-0.39, 0.29) is 5.91 Å². The van der Waals surface area contributed by atoms with Crippen LogP contribution in [0.15, 0.2) is 5.38 Å². The van der Waals surface area contributed by atoms with Gasteiger partial charge in [-0.2, -0.15) is 0 Å². The average molecular weight is 281 g/mol. The van der Waals surface area contributed by atoms with Gasteiger partial charge < -0.3 is 5.32 Å². The van der Waals surface area contributed by atoms with Gasteiger partial charge in [0, 0.05) is 17.1 Å². The van der Waals surface area contributed by atoms with E-state index in [1.54, 1.807) is 5.38 Å². The molecule has 0 aromatic carbocycles. The molecule has 0 unspecified atom stereocenters. The van der Waals surface area contributed by atoms with E-state index in [9.17, 15) is 4.79 Å². The van der Waals surface area contributed by atoms with Crippen LogP contribution in [0.1, 0.15) is 28.8 Å². The van der Waals surface area contributed by atoms with Crippen LogP contribution in [0.3, 0.4) is 0 Å². The molecule has 0 saturated heterocycles. The molecule has 0 atom stereocenters. The molecule has 0 radical (unpaired) electrons. The van der Waals surface area contributed by atoms with Gasteiger partial charge in [-0.15, -0.1) is 34.5 Å². The van der Waals surface area contributed by atoms with Crippen molar-refractivity contribution < 1.29 is 4.79 Å². The maximum absolute atomic E-state index is 11.9. The smallest absolute Gasteiger partial charge is 0.271 e. The largest absolute Gasteiger partial charge is 0.343 e.